The number of hydrogen-bond acceptors (Lipinski definition) is 5. The first-order valence-electron chi connectivity index (χ1n) is 11.1. The standard InChI is InChI=1S/C26H25NO5S/c1-31-20-13-16(11-12-19(20)32-17-9-5-6-10-17)18-14-21(28)27-23-22(15-7-3-2-4-8-15)25(26(29)30)33-24(18)23/h2-4,7-8,11-13,17-18H,5-6,9-10,14H2,1H3,(H,27,28)(H,29,30)/t18-/m0/s1. The molecular formula is C26H25NO5S. The lowest BCUT2D eigenvalue weighted by Gasteiger charge is -2.25. The zero-order chi connectivity index (χ0) is 22.9. The summed E-state index contributed by atoms with van der Waals surface area (Å²) in [5.74, 6) is -0.0613. The van der Waals surface area contributed by atoms with Gasteiger partial charge in [-0.3, -0.25) is 4.79 Å². The minimum atomic E-state index is -1.00. The predicted molar refractivity (Wildman–Crippen MR) is 128 cm³/mol. The number of thiophene rings is 1. The van der Waals surface area contributed by atoms with Gasteiger partial charge in [0, 0.05) is 22.8 Å². The third kappa shape index (κ3) is 4.09. The van der Waals surface area contributed by atoms with E-state index in [-0.39, 0.29) is 29.2 Å². The summed E-state index contributed by atoms with van der Waals surface area (Å²) in [5, 5.41) is 12.9. The fourth-order valence-electron chi connectivity index (χ4n) is 4.77. The lowest BCUT2D eigenvalue weighted by Crippen LogP contribution is -2.22. The second-order valence-corrected chi connectivity index (χ2v) is 9.51. The number of carboxylic acids is 1. The third-order valence-corrected chi connectivity index (χ3v) is 7.64. The summed E-state index contributed by atoms with van der Waals surface area (Å²) in [6, 6.07) is 15.1. The van der Waals surface area contributed by atoms with Crippen molar-refractivity contribution in [2.75, 3.05) is 12.4 Å². The Balaban J connectivity index is 1.57. The van der Waals surface area contributed by atoms with Gasteiger partial charge in [0.2, 0.25) is 5.91 Å². The van der Waals surface area contributed by atoms with E-state index in [2.05, 4.69) is 5.32 Å². The topological polar surface area (TPSA) is 84.9 Å². The Kier molecular flexibility index (Phi) is 5.81. The zero-order valence-corrected chi connectivity index (χ0v) is 19.1. The normalized spacial score (nSPS) is 18.0. The van der Waals surface area contributed by atoms with Crippen LogP contribution < -0.4 is 14.8 Å². The third-order valence-electron chi connectivity index (χ3n) is 6.35. The molecule has 2 heterocycles. The first-order valence-corrected chi connectivity index (χ1v) is 12.0. The van der Waals surface area contributed by atoms with E-state index in [1.54, 1.807) is 7.11 Å². The van der Waals surface area contributed by atoms with Crippen molar-refractivity contribution in [2.45, 2.75) is 44.1 Å². The van der Waals surface area contributed by atoms with E-state index in [0.717, 1.165) is 28.8 Å². The summed E-state index contributed by atoms with van der Waals surface area (Å²) in [6.07, 6.45) is 4.91. The Morgan fingerprint density at radius 2 is 1.85 bits per heavy atom. The van der Waals surface area contributed by atoms with E-state index in [1.165, 1.54) is 24.2 Å². The molecule has 2 aromatic carbocycles. The summed E-state index contributed by atoms with van der Waals surface area (Å²) in [4.78, 5) is 25.9. The maximum atomic E-state index is 12.7. The van der Waals surface area contributed by atoms with Crippen molar-refractivity contribution in [3.8, 4) is 22.6 Å². The molecule has 170 valence electrons. The Hall–Kier alpha value is -3.32. The van der Waals surface area contributed by atoms with E-state index >= 15 is 0 Å². The molecule has 5 rings (SSSR count). The van der Waals surface area contributed by atoms with E-state index in [0.29, 0.717) is 22.7 Å². The summed E-state index contributed by atoms with van der Waals surface area (Å²) >= 11 is 1.23. The first kappa shape index (κ1) is 21.5. The van der Waals surface area contributed by atoms with Gasteiger partial charge in [0.25, 0.3) is 0 Å². The fraction of sp³-hybridized carbons (Fsp3) is 0.308. The van der Waals surface area contributed by atoms with Crippen LogP contribution >= 0.6 is 11.3 Å². The van der Waals surface area contributed by atoms with E-state index in [4.69, 9.17) is 9.47 Å². The van der Waals surface area contributed by atoms with Crippen molar-refractivity contribution < 1.29 is 24.2 Å². The highest BCUT2D eigenvalue weighted by molar-refractivity contribution is 7.15. The van der Waals surface area contributed by atoms with Crippen LogP contribution in [-0.4, -0.2) is 30.2 Å². The second-order valence-electron chi connectivity index (χ2n) is 8.46. The van der Waals surface area contributed by atoms with Gasteiger partial charge in [-0.05, 0) is 48.9 Å². The first-order chi connectivity index (χ1) is 16.0. The van der Waals surface area contributed by atoms with Crippen LogP contribution in [0.2, 0.25) is 0 Å². The number of carboxylic acid groups (broad SMARTS) is 1. The number of aromatic carboxylic acids is 1. The van der Waals surface area contributed by atoms with Gasteiger partial charge < -0.3 is 19.9 Å². The van der Waals surface area contributed by atoms with Crippen molar-refractivity contribution in [1.82, 2.24) is 0 Å². The number of carbonyl (C=O) groups excluding carboxylic acids is 1. The second kappa shape index (κ2) is 8.90. The minimum Gasteiger partial charge on any atom is -0.493 e. The monoisotopic (exact) mass is 463 g/mol. The van der Waals surface area contributed by atoms with Crippen molar-refractivity contribution in [3.05, 3.63) is 63.8 Å². The lowest BCUT2D eigenvalue weighted by atomic mass is 9.88. The van der Waals surface area contributed by atoms with Gasteiger partial charge in [-0.15, -0.1) is 11.3 Å². The molecule has 1 aliphatic heterocycles. The van der Waals surface area contributed by atoms with Crippen LogP contribution in [0.4, 0.5) is 5.69 Å². The highest BCUT2D eigenvalue weighted by Crippen LogP contribution is 2.50. The molecule has 1 amide bonds. The smallest absolute Gasteiger partial charge is 0.346 e. The number of nitrogens with one attached hydrogen (secondary N) is 1. The van der Waals surface area contributed by atoms with Gasteiger partial charge in [0.05, 0.1) is 18.9 Å². The van der Waals surface area contributed by atoms with Gasteiger partial charge in [-0.25, -0.2) is 4.79 Å². The van der Waals surface area contributed by atoms with E-state index < -0.39 is 5.97 Å². The molecule has 6 nitrogen and oxygen atoms in total. The number of hydrogen-bond donors (Lipinski definition) is 2. The summed E-state index contributed by atoms with van der Waals surface area (Å²) in [5.41, 5.74) is 2.83. The number of methoxy groups -OCH3 is 1. The average molecular weight is 464 g/mol. The summed E-state index contributed by atoms with van der Waals surface area (Å²) in [7, 11) is 1.61. The highest BCUT2D eigenvalue weighted by atomic mass is 32.1. The largest absolute Gasteiger partial charge is 0.493 e. The Morgan fingerprint density at radius 1 is 1.09 bits per heavy atom. The van der Waals surface area contributed by atoms with Gasteiger partial charge in [0.1, 0.15) is 4.88 Å². The molecule has 7 heteroatoms. The molecule has 2 N–H and O–H groups in total. The van der Waals surface area contributed by atoms with Crippen LogP contribution in [0.25, 0.3) is 11.1 Å². The van der Waals surface area contributed by atoms with Crippen LogP contribution in [-0.2, 0) is 4.79 Å². The number of amides is 1. The molecular weight excluding hydrogens is 438 g/mol. The fourth-order valence-corrected chi connectivity index (χ4v) is 6.02. The van der Waals surface area contributed by atoms with E-state index in [9.17, 15) is 14.7 Å². The number of rotatable bonds is 6. The molecule has 0 unspecified atom stereocenters. The van der Waals surface area contributed by atoms with Gasteiger partial charge in [0.15, 0.2) is 11.5 Å². The van der Waals surface area contributed by atoms with Gasteiger partial charge in [-0.1, -0.05) is 36.4 Å². The summed E-state index contributed by atoms with van der Waals surface area (Å²) in [6.45, 7) is 0. The Labute approximate surface area is 196 Å². The van der Waals surface area contributed by atoms with E-state index in [1.807, 2.05) is 48.5 Å². The SMILES string of the molecule is COc1cc([C@@H]2CC(=O)Nc3c2sc(C(=O)O)c3-c2ccccc2)ccc1OC1CCCC1. The van der Waals surface area contributed by atoms with Crippen molar-refractivity contribution in [2.24, 2.45) is 0 Å². The molecule has 3 aromatic rings. The molecule has 0 radical (unpaired) electrons. The average Bonchev–Trinajstić information content (AvgIpc) is 3.47. The van der Waals surface area contributed by atoms with Gasteiger partial charge in [-0.2, -0.15) is 0 Å². The quantitative estimate of drug-likeness (QED) is 0.474. The lowest BCUT2D eigenvalue weighted by molar-refractivity contribution is -0.116. The van der Waals surface area contributed by atoms with Crippen LogP contribution in [0.15, 0.2) is 48.5 Å². The molecule has 0 saturated heterocycles. The van der Waals surface area contributed by atoms with Crippen LogP contribution in [0.5, 0.6) is 11.5 Å². The molecule has 1 saturated carbocycles. The minimum absolute atomic E-state index is 0.135. The van der Waals surface area contributed by atoms with Crippen molar-refractivity contribution >= 4 is 28.9 Å². The molecule has 1 atom stereocenters. The molecule has 1 aliphatic carbocycles. The molecule has 1 fully saturated rings. The van der Waals surface area contributed by atoms with Gasteiger partial charge >= 0.3 is 5.97 Å². The number of anilines is 1. The molecule has 0 spiro atoms. The van der Waals surface area contributed by atoms with Crippen LogP contribution in [0.3, 0.4) is 0 Å². The van der Waals surface area contributed by atoms with Crippen LogP contribution in [0, 0.1) is 0 Å². The van der Waals surface area contributed by atoms with Crippen molar-refractivity contribution in [3.63, 3.8) is 0 Å². The predicted octanol–water partition coefficient (Wildman–Crippen LogP) is 5.92. The van der Waals surface area contributed by atoms with Crippen LogP contribution in [0.1, 0.15) is 58.1 Å². The number of ether oxygens (including phenoxy) is 2. The zero-order valence-electron chi connectivity index (χ0n) is 18.3. The Morgan fingerprint density at radius 3 is 2.55 bits per heavy atom. The maximum absolute atomic E-state index is 12.7. The number of carbonyl (C=O) groups is 2. The highest BCUT2D eigenvalue weighted by Gasteiger charge is 2.35. The maximum Gasteiger partial charge on any atom is 0.346 e. The molecule has 0 bridgehead atoms. The number of benzene rings is 2. The Bertz CT molecular complexity index is 1200. The molecule has 2 aliphatic rings. The van der Waals surface area contributed by atoms with Crippen molar-refractivity contribution in [1.29, 1.82) is 0 Å². The molecule has 33 heavy (non-hydrogen) atoms. The molecule has 1 aromatic heterocycles. The summed E-state index contributed by atoms with van der Waals surface area (Å²) < 4.78 is 11.8. The number of fused-ring (bicyclic) bond motifs is 1.